The Bertz CT molecular complexity index is 707. The normalized spacial score (nSPS) is 20.8. The SMILES string of the molecule is O=C(O)[C@@H]1CCO[C@H]1c1cncc(-c2ccc(C(F)F)nc2)c1. The summed E-state index contributed by atoms with van der Waals surface area (Å²) in [5.74, 6) is -1.51. The largest absolute Gasteiger partial charge is 0.481 e. The van der Waals surface area contributed by atoms with Crippen LogP contribution in [0.2, 0.25) is 0 Å². The lowest BCUT2D eigenvalue weighted by Gasteiger charge is -2.15. The fraction of sp³-hybridized carbons (Fsp3) is 0.312. The van der Waals surface area contributed by atoms with Crippen molar-refractivity contribution in [2.75, 3.05) is 6.61 Å². The molecule has 0 spiro atoms. The number of rotatable bonds is 4. The minimum atomic E-state index is -2.61. The molecule has 0 radical (unpaired) electrons. The Morgan fingerprint density at radius 3 is 2.74 bits per heavy atom. The second kappa shape index (κ2) is 6.37. The molecule has 2 aromatic heterocycles. The van der Waals surface area contributed by atoms with Crippen LogP contribution >= 0.6 is 0 Å². The molecule has 120 valence electrons. The lowest BCUT2D eigenvalue weighted by atomic mass is 9.95. The second-order valence-corrected chi connectivity index (χ2v) is 5.30. The summed E-state index contributed by atoms with van der Waals surface area (Å²) in [6.45, 7) is 0.385. The van der Waals surface area contributed by atoms with E-state index in [4.69, 9.17) is 4.74 Å². The van der Waals surface area contributed by atoms with Crippen LogP contribution in [0.1, 0.15) is 30.2 Å². The molecule has 2 atom stereocenters. The van der Waals surface area contributed by atoms with Gasteiger partial charge in [0.25, 0.3) is 6.43 Å². The van der Waals surface area contributed by atoms with E-state index in [1.54, 1.807) is 24.5 Å². The highest BCUT2D eigenvalue weighted by atomic mass is 19.3. The number of carboxylic acids is 1. The summed E-state index contributed by atoms with van der Waals surface area (Å²) in [5, 5.41) is 9.23. The van der Waals surface area contributed by atoms with E-state index in [1.165, 1.54) is 12.3 Å². The molecule has 3 rings (SSSR count). The third kappa shape index (κ3) is 3.19. The lowest BCUT2D eigenvalue weighted by Crippen LogP contribution is -2.17. The standard InChI is InChI=1S/C16H14F2N2O3/c17-15(18)13-2-1-9(8-20-13)10-5-11(7-19-6-10)14-12(16(21)22)3-4-23-14/h1-2,5-8,12,14-15H,3-4H2,(H,21,22)/t12-,14+/m1/s1. The number of alkyl halides is 2. The zero-order chi connectivity index (χ0) is 16.4. The van der Waals surface area contributed by atoms with E-state index < -0.39 is 24.4 Å². The Morgan fingerprint density at radius 1 is 1.26 bits per heavy atom. The van der Waals surface area contributed by atoms with Crippen molar-refractivity contribution in [3.8, 4) is 11.1 Å². The summed E-state index contributed by atoms with van der Waals surface area (Å²) in [5.41, 5.74) is 1.68. The van der Waals surface area contributed by atoms with Gasteiger partial charge in [0, 0.05) is 41.9 Å². The first-order valence-corrected chi connectivity index (χ1v) is 7.10. The van der Waals surface area contributed by atoms with Crippen molar-refractivity contribution in [3.05, 3.63) is 48.0 Å². The molecule has 1 fully saturated rings. The number of ether oxygens (including phenoxy) is 1. The first-order valence-electron chi connectivity index (χ1n) is 7.10. The van der Waals surface area contributed by atoms with Gasteiger partial charge in [-0.1, -0.05) is 6.07 Å². The average Bonchev–Trinajstić information content (AvgIpc) is 3.05. The zero-order valence-electron chi connectivity index (χ0n) is 12.0. The molecule has 0 aromatic carbocycles. The molecular formula is C16H14F2N2O3. The van der Waals surface area contributed by atoms with Crippen molar-refractivity contribution in [3.63, 3.8) is 0 Å². The first kappa shape index (κ1) is 15.5. The number of carboxylic acid groups (broad SMARTS) is 1. The summed E-state index contributed by atoms with van der Waals surface area (Å²) in [6.07, 6.45) is 1.79. The van der Waals surface area contributed by atoms with Gasteiger partial charge in [0.2, 0.25) is 0 Å². The molecular weight excluding hydrogens is 306 g/mol. The minimum Gasteiger partial charge on any atom is -0.481 e. The number of hydrogen-bond acceptors (Lipinski definition) is 4. The Labute approximate surface area is 131 Å². The van der Waals surface area contributed by atoms with Gasteiger partial charge in [-0.05, 0) is 18.6 Å². The predicted octanol–water partition coefficient (Wildman–Crippen LogP) is 3.24. The van der Waals surface area contributed by atoms with Crippen molar-refractivity contribution in [1.82, 2.24) is 9.97 Å². The third-order valence-corrected chi connectivity index (χ3v) is 3.84. The van der Waals surface area contributed by atoms with E-state index in [0.29, 0.717) is 29.7 Å². The summed E-state index contributed by atoms with van der Waals surface area (Å²) in [7, 11) is 0. The number of halogens is 2. The van der Waals surface area contributed by atoms with Crippen LogP contribution in [0.5, 0.6) is 0 Å². The molecule has 0 unspecified atom stereocenters. The molecule has 0 aliphatic carbocycles. The van der Waals surface area contributed by atoms with E-state index >= 15 is 0 Å². The maximum atomic E-state index is 12.5. The highest BCUT2D eigenvalue weighted by Gasteiger charge is 2.35. The topological polar surface area (TPSA) is 72.3 Å². The van der Waals surface area contributed by atoms with Gasteiger partial charge < -0.3 is 9.84 Å². The maximum Gasteiger partial charge on any atom is 0.309 e. The summed E-state index contributed by atoms with van der Waals surface area (Å²) in [4.78, 5) is 19.1. The van der Waals surface area contributed by atoms with E-state index in [0.717, 1.165) is 0 Å². The smallest absolute Gasteiger partial charge is 0.309 e. The van der Waals surface area contributed by atoms with Gasteiger partial charge in [-0.15, -0.1) is 0 Å². The molecule has 1 N–H and O–H groups in total. The van der Waals surface area contributed by atoms with E-state index in [9.17, 15) is 18.7 Å². The Balaban J connectivity index is 1.89. The number of aliphatic carboxylic acids is 1. The van der Waals surface area contributed by atoms with E-state index in [1.807, 2.05) is 0 Å². The first-order chi connectivity index (χ1) is 11.1. The molecule has 3 heterocycles. The van der Waals surface area contributed by atoms with Gasteiger partial charge in [-0.3, -0.25) is 14.8 Å². The van der Waals surface area contributed by atoms with Crippen LogP contribution < -0.4 is 0 Å². The number of carbonyl (C=O) groups is 1. The molecule has 0 bridgehead atoms. The molecule has 1 aliphatic heterocycles. The summed E-state index contributed by atoms with van der Waals surface area (Å²) < 4.78 is 30.6. The van der Waals surface area contributed by atoms with Crippen LogP contribution in [-0.4, -0.2) is 27.7 Å². The Hall–Kier alpha value is -2.41. The van der Waals surface area contributed by atoms with Gasteiger partial charge in [0.1, 0.15) is 5.69 Å². The molecule has 5 nitrogen and oxygen atoms in total. The van der Waals surface area contributed by atoms with Gasteiger partial charge in [-0.25, -0.2) is 8.78 Å². The van der Waals surface area contributed by atoms with Crippen LogP contribution in [0.15, 0.2) is 36.8 Å². The van der Waals surface area contributed by atoms with Crippen molar-refractivity contribution >= 4 is 5.97 Å². The van der Waals surface area contributed by atoms with Gasteiger partial charge >= 0.3 is 5.97 Å². The maximum absolute atomic E-state index is 12.5. The fourth-order valence-electron chi connectivity index (χ4n) is 2.65. The number of pyridine rings is 2. The third-order valence-electron chi connectivity index (χ3n) is 3.84. The highest BCUT2D eigenvalue weighted by molar-refractivity contribution is 5.71. The summed E-state index contributed by atoms with van der Waals surface area (Å²) >= 11 is 0. The quantitative estimate of drug-likeness (QED) is 0.936. The minimum absolute atomic E-state index is 0.289. The second-order valence-electron chi connectivity index (χ2n) is 5.30. The van der Waals surface area contributed by atoms with Crippen LogP contribution in [0, 0.1) is 5.92 Å². The molecule has 1 saturated heterocycles. The molecule has 7 heteroatoms. The Morgan fingerprint density at radius 2 is 2.09 bits per heavy atom. The molecule has 1 aliphatic rings. The number of nitrogens with zero attached hydrogens (tertiary/aromatic N) is 2. The summed E-state index contributed by atoms with van der Waals surface area (Å²) in [6, 6.07) is 4.57. The monoisotopic (exact) mass is 320 g/mol. The van der Waals surface area contributed by atoms with Crippen LogP contribution in [-0.2, 0) is 9.53 Å². The number of aromatic nitrogens is 2. The lowest BCUT2D eigenvalue weighted by molar-refractivity contribution is -0.143. The average molecular weight is 320 g/mol. The van der Waals surface area contributed by atoms with Crippen molar-refractivity contribution in [2.24, 2.45) is 5.92 Å². The predicted molar refractivity (Wildman–Crippen MR) is 76.9 cm³/mol. The molecule has 23 heavy (non-hydrogen) atoms. The van der Waals surface area contributed by atoms with Crippen LogP contribution in [0.4, 0.5) is 8.78 Å². The number of hydrogen-bond donors (Lipinski definition) is 1. The van der Waals surface area contributed by atoms with Crippen LogP contribution in [0.25, 0.3) is 11.1 Å². The van der Waals surface area contributed by atoms with Crippen LogP contribution in [0.3, 0.4) is 0 Å². The van der Waals surface area contributed by atoms with Gasteiger partial charge in [0.15, 0.2) is 0 Å². The molecule has 0 saturated carbocycles. The van der Waals surface area contributed by atoms with Crippen molar-refractivity contribution in [1.29, 1.82) is 0 Å². The van der Waals surface area contributed by atoms with Crippen molar-refractivity contribution in [2.45, 2.75) is 19.0 Å². The highest BCUT2D eigenvalue weighted by Crippen LogP contribution is 2.35. The Kier molecular flexibility index (Phi) is 4.29. The molecule has 0 amide bonds. The van der Waals surface area contributed by atoms with E-state index in [2.05, 4.69) is 9.97 Å². The van der Waals surface area contributed by atoms with Gasteiger partial charge in [-0.2, -0.15) is 0 Å². The molecule has 2 aromatic rings. The van der Waals surface area contributed by atoms with E-state index in [-0.39, 0.29) is 5.69 Å². The fourth-order valence-corrected chi connectivity index (χ4v) is 2.65. The van der Waals surface area contributed by atoms with Gasteiger partial charge in [0.05, 0.1) is 12.0 Å². The van der Waals surface area contributed by atoms with Crippen molar-refractivity contribution < 1.29 is 23.4 Å². The zero-order valence-corrected chi connectivity index (χ0v) is 12.0.